The highest BCUT2D eigenvalue weighted by atomic mass is 32.2. The fraction of sp³-hybridized carbons (Fsp3) is 0.0606. The van der Waals surface area contributed by atoms with E-state index in [0.717, 1.165) is 21.4 Å². The van der Waals surface area contributed by atoms with Crippen molar-refractivity contribution in [1.29, 1.82) is 0 Å². The fourth-order valence-electron chi connectivity index (χ4n) is 4.21. The third-order valence-electron chi connectivity index (χ3n) is 6.36. The van der Waals surface area contributed by atoms with E-state index in [1.807, 2.05) is 36.4 Å². The molecule has 1 aromatic heterocycles. The highest BCUT2D eigenvalue weighted by molar-refractivity contribution is 8.00. The second-order valence-corrected chi connectivity index (χ2v) is 10.8. The van der Waals surface area contributed by atoms with Gasteiger partial charge in [0, 0.05) is 38.8 Å². The molecule has 5 aromatic rings. The van der Waals surface area contributed by atoms with Gasteiger partial charge in [-0.05, 0) is 61.5 Å². The molecule has 210 valence electrons. The standard InChI is InChI=1S/C33H27FN4O3S/c1-21(31(39)37-29-17-8-6-15-27(29)34)42-25-13-9-12-24(19-25)36-33(41)30(38-32(40)22-10-3-2-4-11-22)18-23-20-35-28-16-7-5-14-26(23)28/h2-21,35H,1H3,(H,36,41)(H,37,39)(H,38,40)/b30-18-. The van der Waals surface area contributed by atoms with Gasteiger partial charge in [-0.15, -0.1) is 11.8 Å². The molecular weight excluding hydrogens is 551 g/mol. The first-order valence-electron chi connectivity index (χ1n) is 13.1. The molecule has 0 saturated carbocycles. The number of amides is 3. The van der Waals surface area contributed by atoms with Gasteiger partial charge in [-0.1, -0.05) is 54.6 Å². The van der Waals surface area contributed by atoms with Gasteiger partial charge in [-0.3, -0.25) is 14.4 Å². The quantitative estimate of drug-likeness (QED) is 0.114. The molecule has 0 aliphatic carbocycles. The van der Waals surface area contributed by atoms with Crippen LogP contribution in [0.4, 0.5) is 15.8 Å². The normalized spacial score (nSPS) is 12.0. The van der Waals surface area contributed by atoms with E-state index in [1.165, 1.54) is 23.9 Å². The molecule has 4 N–H and O–H groups in total. The predicted octanol–water partition coefficient (Wildman–Crippen LogP) is 6.84. The highest BCUT2D eigenvalue weighted by Gasteiger charge is 2.18. The lowest BCUT2D eigenvalue weighted by molar-refractivity contribution is -0.115. The molecule has 9 heteroatoms. The zero-order chi connectivity index (χ0) is 29.5. The van der Waals surface area contributed by atoms with Crippen molar-refractivity contribution in [2.45, 2.75) is 17.1 Å². The molecule has 4 aromatic carbocycles. The van der Waals surface area contributed by atoms with Crippen LogP contribution < -0.4 is 16.0 Å². The number of nitrogens with one attached hydrogen (secondary N) is 4. The van der Waals surface area contributed by atoms with Crippen LogP contribution in [0.2, 0.25) is 0 Å². The van der Waals surface area contributed by atoms with Crippen molar-refractivity contribution in [3.8, 4) is 0 Å². The minimum Gasteiger partial charge on any atom is -0.361 e. The molecule has 3 amide bonds. The zero-order valence-corrected chi connectivity index (χ0v) is 23.4. The van der Waals surface area contributed by atoms with E-state index in [1.54, 1.807) is 73.8 Å². The minimum atomic E-state index is -0.543. The van der Waals surface area contributed by atoms with Gasteiger partial charge in [-0.25, -0.2) is 4.39 Å². The van der Waals surface area contributed by atoms with Crippen molar-refractivity contribution in [3.05, 3.63) is 132 Å². The lowest BCUT2D eigenvalue weighted by Crippen LogP contribution is -2.30. The van der Waals surface area contributed by atoms with Crippen LogP contribution in [-0.2, 0) is 9.59 Å². The van der Waals surface area contributed by atoms with Gasteiger partial charge < -0.3 is 20.9 Å². The Kier molecular flexibility index (Phi) is 8.79. The largest absolute Gasteiger partial charge is 0.361 e. The summed E-state index contributed by atoms with van der Waals surface area (Å²) in [6.07, 6.45) is 3.40. The second kappa shape index (κ2) is 13.0. The number of anilines is 2. The third kappa shape index (κ3) is 6.94. The molecule has 0 saturated heterocycles. The van der Waals surface area contributed by atoms with E-state index in [2.05, 4.69) is 20.9 Å². The van der Waals surface area contributed by atoms with Crippen molar-refractivity contribution in [2.24, 2.45) is 0 Å². The molecule has 42 heavy (non-hydrogen) atoms. The molecule has 0 spiro atoms. The first-order valence-corrected chi connectivity index (χ1v) is 14.0. The van der Waals surface area contributed by atoms with Crippen LogP contribution >= 0.6 is 11.8 Å². The number of hydrogen-bond donors (Lipinski definition) is 4. The molecule has 5 rings (SSSR count). The van der Waals surface area contributed by atoms with Gasteiger partial charge in [0.15, 0.2) is 0 Å². The molecular formula is C33H27FN4O3S. The summed E-state index contributed by atoms with van der Waals surface area (Å²) in [5, 5.41) is 8.57. The van der Waals surface area contributed by atoms with Gasteiger partial charge in [0.1, 0.15) is 11.5 Å². The topological polar surface area (TPSA) is 103 Å². The number of fused-ring (bicyclic) bond motifs is 1. The number of H-pyrrole nitrogens is 1. The summed E-state index contributed by atoms with van der Waals surface area (Å²) in [5.74, 6) is -1.80. The maximum Gasteiger partial charge on any atom is 0.272 e. The number of hydrogen-bond acceptors (Lipinski definition) is 4. The van der Waals surface area contributed by atoms with Gasteiger partial charge >= 0.3 is 0 Å². The average molecular weight is 579 g/mol. The van der Waals surface area contributed by atoms with Crippen molar-refractivity contribution in [2.75, 3.05) is 10.6 Å². The molecule has 0 bridgehead atoms. The Morgan fingerprint density at radius 2 is 1.60 bits per heavy atom. The highest BCUT2D eigenvalue weighted by Crippen LogP contribution is 2.27. The van der Waals surface area contributed by atoms with E-state index in [9.17, 15) is 18.8 Å². The molecule has 0 aliphatic rings. The summed E-state index contributed by atoms with van der Waals surface area (Å²) in [5.41, 5.74) is 2.70. The van der Waals surface area contributed by atoms with Crippen LogP contribution in [0.5, 0.6) is 0 Å². The number of thioether (sulfide) groups is 1. The maximum absolute atomic E-state index is 14.0. The molecule has 0 fully saturated rings. The molecule has 0 radical (unpaired) electrons. The van der Waals surface area contributed by atoms with Gasteiger partial charge in [0.2, 0.25) is 5.91 Å². The summed E-state index contributed by atoms with van der Waals surface area (Å²) < 4.78 is 14.0. The van der Waals surface area contributed by atoms with Crippen LogP contribution in [0.1, 0.15) is 22.8 Å². The van der Waals surface area contributed by atoms with Crippen LogP contribution in [0.25, 0.3) is 17.0 Å². The third-order valence-corrected chi connectivity index (χ3v) is 7.45. The molecule has 1 unspecified atom stereocenters. The maximum atomic E-state index is 14.0. The Labute approximate surface area is 246 Å². The fourth-order valence-corrected chi connectivity index (χ4v) is 5.14. The summed E-state index contributed by atoms with van der Waals surface area (Å²) in [6, 6.07) is 29.3. The average Bonchev–Trinajstić information content (AvgIpc) is 3.41. The summed E-state index contributed by atoms with van der Waals surface area (Å²) in [6.45, 7) is 1.72. The van der Waals surface area contributed by atoms with Crippen molar-refractivity contribution in [3.63, 3.8) is 0 Å². The number of halogens is 1. The lowest BCUT2D eigenvalue weighted by atomic mass is 10.1. The zero-order valence-electron chi connectivity index (χ0n) is 22.6. The first-order chi connectivity index (χ1) is 20.4. The van der Waals surface area contributed by atoms with Crippen molar-refractivity contribution < 1.29 is 18.8 Å². The van der Waals surface area contributed by atoms with E-state index in [-0.39, 0.29) is 17.3 Å². The number of para-hydroxylation sites is 2. The Morgan fingerprint density at radius 1 is 0.857 bits per heavy atom. The second-order valence-electron chi connectivity index (χ2n) is 9.38. The minimum absolute atomic E-state index is 0.0595. The Morgan fingerprint density at radius 3 is 2.40 bits per heavy atom. The Hall–Kier alpha value is -5.15. The monoisotopic (exact) mass is 578 g/mol. The van der Waals surface area contributed by atoms with E-state index < -0.39 is 22.9 Å². The number of aromatic amines is 1. The summed E-state index contributed by atoms with van der Waals surface area (Å²) >= 11 is 1.27. The smallest absolute Gasteiger partial charge is 0.272 e. The van der Waals surface area contributed by atoms with Crippen molar-refractivity contribution in [1.82, 2.24) is 10.3 Å². The Bertz CT molecular complexity index is 1780. The number of aromatic nitrogens is 1. The molecule has 1 atom stereocenters. The summed E-state index contributed by atoms with van der Waals surface area (Å²) in [7, 11) is 0. The van der Waals surface area contributed by atoms with E-state index in [0.29, 0.717) is 11.3 Å². The predicted molar refractivity (Wildman–Crippen MR) is 166 cm³/mol. The molecule has 0 aliphatic heterocycles. The first kappa shape index (κ1) is 28.4. The van der Waals surface area contributed by atoms with Crippen LogP contribution in [0, 0.1) is 5.82 Å². The van der Waals surface area contributed by atoms with Crippen LogP contribution in [0.3, 0.4) is 0 Å². The number of benzene rings is 4. The van der Waals surface area contributed by atoms with E-state index in [4.69, 9.17) is 0 Å². The van der Waals surface area contributed by atoms with E-state index >= 15 is 0 Å². The summed E-state index contributed by atoms with van der Waals surface area (Å²) in [4.78, 5) is 43.1. The number of rotatable bonds is 9. The van der Waals surface area contributed by atoms with Gasteiger partial charge in [0.05, 0.1) is 10.9 Å². The van der Waals surface area contributed by atoms with Gasteiger partial charge in [0.25, 0.3) is 11.8 Å². The number of carbonyl (C=O) groups excluding carboxylic acids is 3. The lowest BCUT2D eigenvalue weighted by Gasteiger charge is -2.14. The van der Waals surface area contributed by atoms with Crippen LogP contribution in [0.15, 0.2) is 120 Å². The van der Waals surface area contributed by atoms with Crippen molar-refractivity contribution >= 4 is 57.8 Å². The molecule has 1 heterocycles. The Balaban J connectivity index is 1.33. The molecule has 7 nitrogen and oxygen atoms in total. The SMILES string of the molecule is CC(Sc1cccc(NC(=O)/C(=C/c2c[nH]c3ccccc23)NC(=O)c2ccccc2)c1)C(=O)Nc1ccccc1F. The van der Waals surface area contributed by atoms with Gasteiger partial charge in [-0.2, -0.15) is 0 Å². The van der Waals surface area contributed by atoms with Crippen LogP contribution in [-0.4, -0.2) is 28.0 Å². The number of carbonyl (C=O) groups is 3.